The van der Waals surface area contributed by atoms with Gasteiger partial charge in [-0.15, -0.1) is 0 Å². The topological polar surface area (TPSA) is 67.6 Å². The molecule has 0 atom stereocenters. The first-order valence-corrected chi connectivity index (χ1v) is 8.16. The molecule has 1 aromatic rings. The molecule has 5 nitrogen and oxygen atoms in total. The van der Waals surface area contributed by atoms with E-state index in [9.17, 15) is 4.79 Å². The van der Waals surface area contributed by atoms with Crippen LogP contribution in [0.2, 0.25) is 0 Å². The van der Waals surface area contributed by atoms with Crippen molar-refractivity contribution >= 4 is 17.7 Å². The van der Waals surface area contributed by atoms with E-state index in [1.807, 2.05) is 37.2 Å². The number of carbonyl (C=O) groups is 1. The van der Waals surface area contributed by atoms with Crippen molar-refractivity contribution in [3.63, 3.8) is 0 Å². The fourth-order valence-electron chi connectivity index (χ4n) is 1.96. The summed E-state index contributed by atoms with van der Waals surface area (Å²) in [4.78, 5) is 13.7. The van der Waals surface area contributed by atoms with Crippen LogP contribution in [0.5, 0.6) is 5.75 Å². The van der Waals surface area contributed by atoms with Crippen molar-refractivity contribution in [2.24, 2.45) is 0 Å². The molecule has 0 aliphatic rings. The number of hydrogen-bond acceptors (Lipinski definition) is 4. The highest BCUT2D eigenvalue weighted by Gasteiger charge is 2.02. The molecule has 0 saturated heterocycles. The van der Waals surface area contributed by atoms with Gasteiger partial charge in [0.25, 0.3) is 0 Å². The molecule has 0 heterocycles. The number of benzene rings is 1. The monoisotopic (exact) mass is 319 g/mol. The Labute approximate surface area is 139 Å². The number of nitrogen functional groups attached to an aromatic ring is 1. The minimum absolute atomic E-state index is 0.0778. The van der Waals surface area contributed by atoms with Crippen molar-refractivity contribution in [1.82, 2.24) is 10.2 Å². The maximum atomic E-state index is 11.7. The smallest absolute Gasteiger partial charge is 0.243 e. The van der Waals surface area contributed by atoms with Crippen LogP contribution in [-0.4, -0.2) is 44.6 Å². The summed E-state index contributed by atoms with van der Waals surface area (Å²) in [6.45, 7) is 4.28. The van der Waals surface area contributed by atoms with Crippen LogP contribution in [0.1, 0.15) is 31.7 Å². The molecule has 0 spiro atoms. The van der Waals surface area contributed by atoms with Crippen molar-refractivity contribution in [2.75, 3.05) is 39.5 Å². The second kappa shape index (κ2) is 10.7. The molecular weight excluding hydrogens is 290 g/mol. The predicted molar refractivity (Wildman–Crippen MR) is 96.5 cm³/mol. The van der Waals surface area contributed by atoms with Crippen molar-refractivity contribution in [2.45, 2.75) is 26.2 Å². The third-order valence-electron chi connectivity index (χ3n) is 3.34. The zero-order valence-corrected chi connectivity index (χ0v) is 14.5. The molecule has 0 saturated carbocycles. The lowest BCUT2D eigenvalue weighted by Gasteiger charge is -2.12. The number of rotatable bonds is 10. The number of likely N-dealkylation sites (N-methyl/N-ethyl adjacent to an activating group) is 1. The van der Waals surface area contributed by atoms with Crippen LogP contribution >= 0.6 is 0 Å². The molecule has 0 aromatic heterocycles. The fourth-order valence-corrected chi connectivity index (χ4v) is 1.96. The third kappa shape index (κ3) is 8.26. The molecule has 0 radical (unpaired) electrons. The number of nitrogens with zero attached hydrogens (tertiary/aromatic N) is 1. The van der Waals surface area contributed by atoms with Gasteiger partial charge < -0.3 is 20.7 Å². The Bertz CT molecular complexity index is 513. The highest BCUT2D eigenvalue weighted by Crippen LogP contribution is 2.23. The van der Waals surface area contributed by atoms with E-state index in [2.05, 4.69) is 12.2 Å². The van der Waals surface area contributed by atoms with Gasteiger partial charge in [-0.3, -0.25) is 4.79 Å². The Kier molecular flexibility index (Phi) is 8.83. The second-order valence-corrected chi connectivity index (χ2v) is 5.78. The average Bonchev–Trinajstić information content (AvgIpc) is 2.51. The van der Waals surface area contributed by atoms with Gasteiger partial charge in [0, 0.05) is 19.2 Å². The summed E-state index contributed by atoms with van der Waals surface area (Å²) in [6.07, 6.45) is 6.59. The van der Waals surface area contributed by atoms with E-state index in [1.165, 1.54) is 6.08 Å². The molecule has 128 valence electrons. The van der Waals surface area contributed by atoms with Gasteiger partial charge in [-0.25, -0.2) is 0 Å². The second-order valence-electron chi connectivity index (χ2n) is 5.78. The maximum Gasteiger partial charge on any atom is 0.243 e. The Morgan fingerprint density at radius 3 is 2.78 bits per heavy atom. The maximum absolute atomic E-state index is 11.7. The van der Waals surface area contributed by atoms with Crippen LogP contribution in [0, 0.1) is 0 Å². The summed E-state index contributed by atoms with van der Waals surface area (Å²) in [5.74, 6) is 0.596. The van der Waals surface area contributed by atoms with Gasteiger partial charge in [0.1, 0.15) is 12.4 Å². The van der Waals surface area contributed by atoms with E-state index >= 15 is 0 Å². The standard InChI is InChI=1S/C18H29N3O2/c1-4-5-6-11-20-18(22)10-8-15-7-9-17(16(19)14-15)23-13-12-21(2)3/h7-10,14H,4-6,11-13,19H2,1-3H3,(H,20,22)/b10-8-. The van der Waals surface area contributed by atoms with Crippen LogP contribution in [0.25, 0.3) is 6.08 Å². The van der Waals surface area contributed by atoms with Gasteiger partial charge in [0.2, 0.25) is 5.91 Å². The largest absolute Gasteiger partial charge is 0.490 e. The van der Waals surface area contributed by atoms with Crippen LogP contribution < -0.4 is 15.8 Å². The first kappa shape index (κ1) is 19.0. The van der Waals surface area contributed by atoms with Gasteiger partial charge in [-0.05, 0) is 44.3 Å². The zero-order valence-electron chi connectivity index (χ0n) is 14.5. The summed E-state index contributed by atoms with van der Waals surface area (Å²) in [7, 11) is 3.99. The van der Waals surface area contributed by atoms with Crippen LogP contribution in [-0.2, 0) is 4.79 Å². The number of carbonyl (C=O) groups excluding carboxylic acids is 1. The van der Waals surface area contributed by atoms with E-state index in [4.69, 9.17) is 10.5 Å². The van der Waals surface area contributed by atoms with Crippen molar-refractivity contribution < 1.29 is 9.53 Å². The number of ether oxygens (including phenoxy) is 1. The molecule has 1 amide bonds. The Balaban J connectivity index is 2.46. The quantitative estimate of drug-likeness (QED) is 0.395. The zero-order chi connectivity index (χ0) is 17.1. The molecule has 3 N–H and O–H groups in total. The van der Waals surface area contributed by atoms with Crippen LogP contribution in [0.3, 0.4) is 0 Å². The summed E-state index contributed by atoms with van der Waals surface area (Å²) < 4.78 is 5.63. The molecule has 0 bridgehead atoms. The SMILES string of the molecule is CCCCCNC(=O)/C=C\c1ccc(OCCN(C)C)c(N)c1. The Morgan fingerprint density at radius 1 is 1.35 bits per heavy atom. The van der Waals surface area contributed by atoms with E-state index in [0.717, 1.165) is 37.9 Å². The number of nitrogens with one attached hydrogen (secondary N) is 1. The van der Waals surface area contributed by atoms with E-state index in [-0.39, 0.29) is 5.91 Å². The first-order valence-electron chi connectivity index (χ1n) is 8.16. The summed E-state index contributed by atoms with van der Waals surface area (Å²) >= 11 is 0. The first-order chi connectivity index (χ1) is 11.0. The lowest BCUT2D eigenvalue weighted by Crippen LogP contribution is -2.21. The summed E-state index contributed by atoms with van der Waals surface area (Å²) in [5.41, 5.74) is 7.44. The number of anilines is 1. The molecule has 0 aliphatic heterocycles. The molecular formula is C18H29N3O2. The van der Waals surface area contributed by atoms with E-state index in [1.54, 1.807) is 6.08 Å². The number of hydrogen-bond donors (Lipinski definition) is 2. The van der Waals surface area contributed by atoms with Crippen LogP contribution in [0.4, 0.5) is 5.69 Å². The highest BCUT2D eigenvalue weighted by atomic mass is 16.5. The lowest BCUT2D eigenvalue weighted by atomic mass is 10.1. The minimum Gasteiger partial charge on any atom is -0.490 e. The number of nitrogens with two attached hydrogens (primary N) is 1. The molecule has 0 aliphatic carbocycles. The Morgan fingerprint density at radius 2 is 2.13 bits per heavy atom. The third-order valence-corrected chi connectivity index (χ3v) is 3.34. The van der Waals surface area contributed by atoms with Gasteiger partial charge in [0.15, 0.2) is 0 Å². The molecule has 0 fully saturated rings. The van der Waals surface area contributed by atoms with Gasteiger partial charge in [-0.2, -0.15) is 0 Å². The average molecular weight is 319 g/mol. The predicted octanol–water partition coefficient (Wildman–Crippen LogP) is 2.53. The van der Waals surface area contributed by atoms with Crippen molar-refractivity contribution in [3.8, 4) is 5.75 Å². The van der Waals surface area contributed by atoms with Crippen molar-refractivity contribution in [1.29, 1.82) is 0 Å². The van der Waals surface area contributed by atoms with E-state index < -0.39 is 0 Å². The molecule has 1 aromatic carbocycles. The lowest BCUT2D eigenvalue weighted by molar-refractivity contribution is -0.116. The fraction of sp³-hybridized carbons (Fsp3) is 0.500. The Hall–Kier alpha value is -2.01. The highest BCUT2D eigenvalue weighted by molar-refractivity contribution is 5.91. The van der Waals surface area contributed by atoms with Gasteiger partial charge >= 0.3 is 0 Å². The molecule has 23 heavy (non-hydrogen) atoms. The van der Waals surface area contributed by atoms with Gasteiger partial charge in [-0.1, -0.05) is 25.8 Å². The molecule has 5 heteroatoms. The molecule has 1 rings (SSSR count). The van der Waals surface area contributed by atoms with Gasteiger partial charge in [0.05, 0.1) is 5.69 Å². The number of amides is 1. The molecule has 0 unspecified atom stereocenters. The minimum atomic E-state index is -0.0778. The summed E-state index contributed by atoms with van der Waals surface area (Å²) in [6, 6.07) is 5.54. The van der Waals surface area contributed by atoms with E-state index in [0.29, 0.717) is 18.0 Å². The van der Waals surface area contributed by atoms with Crippen molar-refractivity contribution in [3.05, 3.63) is 29.8 Å². The van der Waals surface area contributed by atoms with Crippen LogP contribution in [0.15, 0.2) is 24.3 Å². The summed E-state index contributed by atoms with van der Waals surface area (Å²) in [5, 5.41) is 2.87. The normalized spacial score (nSPS) is 11.1. The number of unbranched alkanes of at least 4 members (excludes halogenated alkanes) is 2.